The molecule has 0 atom stereocenters. The quantitative estimate of drug-likeness (QED) is 0.717. The van der Waals surface area contributed by atoms with Crippen molar-refractivity contribution in [2.75, 3.05) is 18.0 Å². The van der Waals surface area contributed by atoms with E-state index < -0.39 is 5.97 Å². The summed E-state index contributed by atoms with van der Waals surface area (Å²) < 4.78 is 0. The zero-order valence-corrected chi connectivity index (χ0v) is 18.4. The van der Waals surface area contributed by atoms with Gasteiger partial charge < -0.3 is 10.0 Å². The summed E-state index contributed by atoms with van der Waals surface area (Å²) in [5.74, 6) is -0.929. The minimum absolute atomic E-state index is 0.190. The van der Waals surface area contributed by atoms with Gasteiger partial charge in [-0.15, -0.1) is 0 Å². The molecule has 0 radical (unpaired) electrons. The van der Waals surface area contributed by atoms with Crippen molar-refractivity contribution in [1.29, 1.82) is 0 Å². The lowest BCUT2D eigenvalue weighted by Crippen LogP contribution is -2.50. The van der Waals surface area contributed by atoms with Gasteiger partial charge in [-0.25, -0.2) is 0 Å². The van der Waals surface area contributed by atoms with Crippen molar-refractivity contribution in [1.82, 2.24) is 0 Å². The fraction of sp³-hybridized carbons (Fsp3) is 0.500. The molecule has 154 valence electrons. The summed E-state index contributed by atoms with van der Waals surface area (Å²) >= 11 is 0. The van der Waals surface area contributed by atoms with Crippen LogP contribution >= 0.6 is 0 Å². The molecule has 0 bridgehead atoms. The lowest BCUT2D eigenvalue weighted by molar-refractivity contribution is -0.142. The lowest BCUT2D eigenvalue weighted by Gasteiger charge is -2.42. The SMILES string of the molecule is CCc1cc2c(cc1-c1cccc(N3CC(C(=O)O)C3)c1)C(C)(C)CCC2(C)C. The molecule has 1 aliphatic carbocycles. The van der Waals surface area contributed by atoms with Crippen LogP contribution in [0.15, 0.2) is 36.4 Å². The molecule has 1 N–H and O–H groups in total. The molecule has 1 fully saturated rings. The van der Waals surface area contributed by atoms with Crippen molar-refractivity contribution in [3.05, 3.63) is 53.1 Å². The standard InChI is InChI=1S/C26H33NO2/c1-6-17-13-22-23(26(4,5)11-10-25(22,2)3)14-21(17)18-8-7-9-20(12-18)27-15-19(16-27)24(28)29/h7-9,12-14,19H,6,10-11,15-16H2,1-5H3,(H,28,29). The van der Waals surface area contributed by atoms with Crippen molar-refractivity contribution in [2.45, 2.75) is 64.7 Å². The zero-order valence-electron chi connectivity index (χ0n) is 18.4. The lowest BCUT2D eigenvalue weighted by atomic mass is 9.62. The molecule has 4 rings (SSSR count). The Morgan fingerprint density at radius 3 is 2.24 bits per heavy atom. The second kappa shape index (κ2) is 6.90. The number of carbonyl (C=O) groups is 1. The molecule has 1 saturated heterocycles. The van der Waals surface area contributed by atoms with Crippen LogP contribution in [0, 0.1) is 5.92 Å². The fourth-order valence-corrected chi connectivity index (χ4v) is 4.94. The number of fused-ring (bicyclic) bond motifs is 1. The molecule has 0 aromatic heterocycles. The van der Waals surface area contributed by atoms with Gasteiger partial charge in [-0.2, -0.15) is 0 Å². The second-order valence-corrected chi connectivity index (χ2v) is 10.2. The first kappa shape index (κ1) is 20.0. The Morgan fingerprint density at radius 1 is 1.03 bits per heavy atom. The minimum Gasteiger partial charge on any atom is -0.481 e. The summed E-state index contributed by atoms with van der Waals surface area (Å²) in [6.45, 7) is 12.9. The van der Waals surface area contributed by atoms with Crippen molar-refractivity contribution >= 4 is 11.7 Å². The Morgan fingerprint density at radius 2 is 1.66 bits per heavy atom. The summed E-state index contributed by atoms with van der Waals surface area (Å²) in [6, 6.07) is 13.5. The van der Waals surface area contributed by atoms with Gasteiger partial charge in [-0.05, 0) is 70.0 Å². The number of hydrogen-bond donors (Lipinski definition) is 1. The van der Waals surface area contributed by atoms with E-state index >= 15 is 0 Å². The number of aliphatic carboxylic acids is 1. The monoisotopic (exact) mass is 391 g/mol. The molecule has 2 aromatic rings. The van der Waals surface area contributed by atoms with Crippen LogP contribution in [-0.2, 0) is 22.0 Å². The van der Waals surface area contributed by atoms with E-state index in [9.17, 15) is 9.90 Å². The van der Waals surface area contributed by atoms with Gasteiger partial charge in [-0.1, -0.05) is 58.9 Å². The molecular formula is C26H33NO2. The predicted octanol–water partition coefficient (Wildman–Crippen LogP) is 5.79. The molecule has 2 aromatic carbocycles. The predicted molar refractivity (Wildman–Crippen MR) is 120 cm³/mol. The van der Waals surface area contributed by atoms with Crippen molar-refractivity contribution < 1.29 is 9.90 Å². The van der Waals surface area contributed by atoms with Gasteiger partial charge in [0, 0.05) is 18.8 Å². The highest BCUT2D eigenvalue weighted by Gasteiger charge is 2.38. The third-order valence-electron chi connectivity index (χ3n) is 7.21. The van der Waals surface area contributed by atoms with E-state index in [1.54, 1.807) is 0 Å². The van der Waals surface area contributed by atoms with Crippen LogP contribution in [0.1, 0.15) is 64.2 Å². The summed E-state index contributed by atoms with van der Waals surface area (Å²) in [7, 11) is 0. The van der Waals surface area contributed by atoms with E-state index in [4.69, 9.17) is 0 Å². The van der Waals surface area contributed by atoms with E-state index in [2.05, 4.69) is 75.9 Å². The number of nitrogens with zero attached hydrogens (tertiary/aromatic N) is 1. The van der Waals surface area contributed by atoms with Crippen molar-refractivity contribution in [3.8, 4) is 11.1 Å². The molecule has 0 unspecified atom stereocenters. The third-order valence-corrected chi connectivity index (χ3v) is 7.21. The number of rotatable bonds is 4. The van der Waals surface area contributed by atoms with E-state index in [0.29, 0.717) is 13.1 Å². The van der Waals surface area contributed by atoms with Crippen LogP contribution in [0.2, 0.25) is 0 Å². The van der Waals surface area contributed by atoms with E-state index in [0.717, 1.165) is 12.1 Å². The Labute approximate surface area is 174 Å². The third kappa shape index (κ3) is 3.45. The second-order valence-electron chi connectivity index (χ2n) is 10.2. The normalized spacial score (nSPS) is 20.1. The van der Waals surface area contributed by atoms with E-state index in [1.807, 2.05) is 0 Å². The number of aryl methyl sites for hydroxylation is 1. The fourth-order valence-electron chi connectivity index (χ4n) is 4.94. The van der Waals surface area contributed by atoms with Gasteiger partial charge in [0.15, 0.2) is 0 Å². The topological polar surface area (TPSA) is 40.5 Å². The smallest absolute Gasteiger partial charge is 0.310 e. The molecule has 1 aliphatic heterocycles. The first-order valence-electron chi connectivity index (χ1n) is 10.9. The van der Waals surface area contributed by atoms with Crippen LogP contribution in [0.4, 0.5) is 5.69 Å². The van der Waals surface area contributed by atoms with Crippen LogP contribution in [0.3, 0.4) is 0 Å². The molecule has 0 amide bonds. The Hall–Kier alpha value is -2.29. The molecule has 29 heavy (non-hydrogen) atoms. The first-order valence-corrected chi connectivity index (χ1v) is 10.9. The highest BCUT2D eigenvalue weighted by atomic mass is 16.4. The number of carboxylic acid groups (broad SMARTS) is 1. The Bertz CT molecular complexity index is 951. The van der Waals surface area contributed by atoms with Crippen molar-refractivity contribution in [3.63, 3.8) is 0 Å². The molecule has 0 spiro atoms. The van der Waals surface area contributed by atoms with Gasteiger partial charge >= 0.3 is 5.97 Å². The largest absolute Gasteiger partial charge is 0.481 e. The van der Waals surface area contributed by atoms with Crippen molar-refractivity contribution in [2.24, 2.45) is 5.92 Å². The summed E-state index contributed by atoms with van der Waals surface area (Å²) in [5, 5.41) is 9.18. The Kier molecular flexibility index (Phi) is 4.76. The molecule has 2 aliphatic rings. The van der Waals surface area contributed by atoms with Gasteiger partial charge in [0.05, 0.1) is 5.92 Å². The molecule has 3 nitrogen and oxygen atoms in total. The van der Waals surface area contributed by atoms with Crippen LogP contribution in [-0.4, -0.2) is 24.2 Å². The minimum atomic E-state index is -0.690. The first-order chi connectivity index (χ1) is 13.6. The maximum Gasteiger partial charge on any atom is 0.310 e. The van der Waals surface area contributed by atoms with Crippen LogP contribution in [0.25, 0.3) is 11.1 Å². The average Bonchev–Trinajstić information content (AvgIpc) is 2.63. The number of hydrogen-bond acceptors (Lipinski definition) is 2. The maximum atomic E-state index is 11.2. The van der Waals surface area contributed by atoms with E-state index in [-0.39, 0.29) is 16.7 Å². The van der Waals surface area contributed by atoms with Gasteiger partial charge in [0.25, 0.3) is 0 Å². The van der Waals surface area contributed by atoms with Crippen LogP contribution < -0.4 is 4.90 Å². The average molecular weight is 392 g/mol. The number of benzene rings is 2. The van der Waals surface area contributed by atoms with Crippen LogP contribution in [0.5, 0.6) is 0 Å². The Balaban J connectivity index is 1.76. The van der Waals surface area contributed by atoms with Gasteiger partial charge in [-0.3, -0.25) is 4.79 Å². The highest BCUT2D eigenvalue weighted by molar-refractivity contribution is 5.77. The highest BCUT2D eigenvalue weighted by Crippen LogP contribution is 2.48. The molecular weight excluding hydrogens is 358 g/mol. The summed E-state index contributed by atoms with van der Waals surface area (Å²) in [4.78, 5) is 13.3. The van der Waals surface area contributed by atoms with Gasteiger partial charge in [0.1, 0.15) is 0 Å². The molecule has 0 saturated carbocycles. The maximum absolute atomic E-state index is 11.2. The number of anilines is 1. The van der Waals surface area contributed by atoms with E-state index in [1.165, 1.54) is 40.7 Å². The summed E-state index contributed by atoms with van der Waals surface area (Å²) in [5.41, 5.74) is 8.50. The number of carboxylic acids is 1. The molecule has 3 heteroatoms. The molecule has 1 heterocycles. The van der Waals surface area contributed by atoms with Gasteiger partial charge in [0.2, 0.25) is 0 Å². The zero-order chi connectivity index (χ0) is 21.0. The summed E-state index contributed by atoms with van der Waals surface area (Å²) in [6.07, 6.45) is 3.45.